The van der Waals surface area contributed by atoms with E-state index in [9.17, 15) is 0 Å². The van der Waals surface area contributed by atoms with Gasteiger partial charge >= 0.3 is 0 Å². The number of hydrogen-bond donors (Lipinski definition) is 1. The Kier molecular flexibility index (Phi) is 7.68. The molecule has 0 aromatic carbocycles. The maximum atomic E-state index is 5.92. The summed E-state index contributed by atoms with van der Waals surface area (Å²) < 4.78 is 27.4. The van der Waals surface area contributed by atoms with Gasteiger partial charge in [-0.3, -0.25) is 4.72 Å². The molecule has 0 spiro atoms. The van der Waals surface area contributed by atoms with Crippen molar-refractivity contribution in [1.82, 2.24) is 34.7 Å². The number of anilines is 1. The summed E-state index contributed by atoms with van der Waals surface area (Å²) in [5.74, 6) is 3.04. The summed E-state index contributed by atoms with van der Waals surface area (Å²) in [4.78, 5) is 17.0. The lowest BCUT2D eigenvalue weighted by Crippen LogP contribution is -2.19. The average Bonchev–Trinajstić information content (AvgIpc) is 3.49. The maximum absolute atomic E-state index is 5.92. The van der Waals surface area contributed by atoms with Gasteiger partial charge in [-0.2, -0.15) is 9.97 Å². The van der Waals surface area contributed by atoms with Crippen molar-refractivity contribution in [1.29, 1.82) is 0 Å². The highest BCUT2D eigenvalue weighted by Crippen LogP contribution is 2.37. The first-order valence-electron chi connectivity index (χ1n) is 10.3. The Labute approximate surface area is 210 Å². The molecule has 35 heavy (non-hydrogen) atoms. The summed E-state index contributed by atoms with van der Waals surface area (Å²) in [6.07, 6.45) is 3.99. The lowest BCUT2D eigenvalue weighted by molar-refractivity contribution is 0.0972. The molecular weight excluding hydrogens is 496 g/mol. The van der Waals surface area contributed by atoms with E-state index >= 15 is 0 Å². The lowest BCUT2D eigenvalue weighted by Gasteiger charge is -2.21. The zero-order valence-corrected chi connectivity index (χ0v) is 21.2. The van der Waals surface area contributed by atoms with E-state index in [0.717, 1.165) is 5.76 Å². The number of rotatable bonds is 10. The third kappa shape index (κ3) is 5.16. The molecule has 184 valence electrons. The predicted octanol–water partition coefficient (Wildman–Crippen LogP) is 3.92. The smallest absolute Gasteiger partial charge is 0.245 e. The number of methoxy groups -OCH3 is 3. The molecule has 12 nitrogen and oxygen atoms in total. The Morgan fingerprint density at radius 1 is 1.03 bits per heavy atom. The standard InChI is InChI=1S/C21H23ClN8O4S/c1-11-6-7-14(34-11)18-27-28-21(30(18)15-19(32-4)25-10-26-20(15)33-5)29-35-12(2)16(31-3)17-23-8-13(22)9-24-17/h6-10,12,16H,1-5H3,(H,28,29). The molecule has 0 aliphatic carbocycles. The zero-order chi connectivity index (χ0) is 24.9. The van der Waals surface area contributed by atoms with Crippen LogP contribution in [0.2, 0.25) is 5.02 Å². The van der Waals surface area contributed by atoms with E-state index < -0.39 is 6.10 Å². The van der Waals surface area contributed by atoms with E-state index in [1.54, 1.807) is 17.7 Å². The van der Waals surface area contributed by atoms with Gasteiger partial charge in [-0.15, -0.1) is 10.2 Å². The molecule has 1 N–H and O–H groups in total. The number of furan rings is 1. The number of aromatic nitrogens is 7. The van der Waals surface area contributed by atoms with Gasteiger partial charge in [-0.05, 0) is 37.9 Å². The van der Waals surface area contributed by atoms with Crippen molar-refractivity contribution in [3.63, 3.8) is 0 Å². The van der Waals surface area contributed by atoms with Gasteiger partial charge in [0.05, 0.1) is 24.5 Å². The molecular formula is C21H23ClN8O4S. The Bertz CT molecular complexity index is 1260. The molecule has 4 rings (SSSR count). The van der Waals surface area contributed by atoms with Gasteiger partial charge in [0.25, 0.3) is 0 Å². The van der Waals surface area contributed by atoms with Crippen molar-refractivity contribution in [3.8, 4) is 29.0 Å². The molecule has 0 amide bonds. The topological polar surface area (TPSA) is 135 Å². The quantitative estimate of drug-likeness (QED) is 0.305. The van der Waals surface area contributed by atoms with Crippen LogP contribution in [-0.2, 0) is 4.74 Å². The van der Waals surface area contributed by atoms with Gasteiger partial charge in [0.1, 0.15) is 18.2 Å². The van der Waals surface area contributed by atoms with Crippen molar-refractivity contribution >= 4 is 29.5 Å². The molecule has 4 heterocycles. The molecule has 0 aliphatic heterocycles. The predicted molar refractivity (Wildman–Crippen MR) is 130 cm³/mol. The highest BCUT2D eigenvalue weighted by atomic mass is 35.5. The molecule has 0 saturated heterocycles. The van der Waals surface area contributed by atoms with Gasteiger partial charge in [0, 0.05) is 19.5 Å². The Hall–Kier alpha value is -3.42. The first kappa shape index (κ1) is 24.7. The van der Waals surface area contributed by atoms with Gasteiger partial charge in [-0.25, -0.2) is 14.5 Å². The molecule has 0 fully saturated rings. The minimum absolute atomic E-state index is 0.142. The number of nitrogens with zero attached hydrogens (tertiary/aromatic N) is 7. The first-order chi connectivity index (χ1) is 17.0. The van der Waals surface area contributed by atoms with Crippen molar-refractivity contribution in [2.75, 3.05) is 26.1 Å². The Balaban J connectivity index is 1.71. The normalized spacial score (nSPS) is 12.9. The van der Waals surface area contributed by atoms with Crippen molar-refractivity contribution < 1.29 is 18.6 Å². The summed E-state index contributed by atoms with van der Waals surface area (Å²) in [5.41, 5.74) is 0.409. The van der Waals surface area contributed by atoms with Gasteiger partial charge < -0.3 is 18.6 Å². The fourth-order valence-corrected chi connectivity index (χ4v) is 4.18. The van der Waals surface area contributed by atoms with Crippen LogP contribution in [0.5, 0.6) is 11.8 Å². The molecule has 2 atom stereocenters. The number of halogens is 1. The number of hydrogen-bond acceptors (Lipinski definition) is 12. The number of aryl methyl sites for hydroxylation is 1. The van der Waals surface area contributed by atoms with Crippen LogP contribution in [0.15, 0.2) is 35.3 Å². The van der Waals surface area contributed by atoms with Crippen molar-refractivity contribution in [2.45, 2.75) is 25.2 Å². The van der Waals surface area contributed by atoms with Crippen LogP contribution in [0, 0.1) is 6.92 Å². The summed E-state index contributed by atoms with van der Waals surface area (Å²) in [7, 11) is 4.60. The van der Waals surface area contributed by atoms with E-state index in [-0.39, 0.29) is 17.0 Å². The molecule has 0 radical (unpaired) electrons. The number of nitrogens with one attached hydrogen (secondary N) is 1. The molecule has 0 aliphatic rings. The highest BCUT2D eigenvalue weighted by Gasteiger charge is 2.28. The van der Waals surface area contributed by atoms with Crippen molar-refractivity contribution in [2.24, 2.45) is 0 Å². The minimum atomic E-state index is -0.419. The van der Waals surface area contributed by atoms with Crippen LogP contribution in [0.1, 0.15) is 24.6 Å². The van der Waals surface area contributed by atoms with Gasteiger partial charge in [0.15, 0.2) is 17.3 Å². The fraction of sp³-hybridized carbons (Fsp3) is 0.333. The van der Waals surface area contributed by atoms with Gasteiger partial charge in [0.2, 0.25) is 23.5 Å². The van der Waals surface area contributed by atoms with E-state index in [0.29, 0.717) is 34.1 Å². The number of ether oxygens (including phenoxy) is 3. The molecule has 4 aromatic rings. The van der Waals surface area contributed by atoms with Crippen LogP contribution in [0.4, 0.5) is 5.95 Å². The molecule has 2 unspecified atom stereocenters. The SMILES string of the molecule is COc1ncnc(OC)c1-n1c(NSC(C)C(OC)c2ncc(Cl)cn2)nnc1-c1ccc(C)o1. The second-order valence-electron chi connectivity index (χ2n) is 7.17. The maximum Gasteiger partial charge on any atom is 0.245 e. The average molecular weight is 519 g/mol. The summed E-state index contributed by atoms with van der Waals surface area (Å²) in [6.45, 7) is 3.81. The lowest BCUT2D eigenvalue weighted by atomic mass is 10.2. The third-order valence-electron chi connectivity index (χ3n) is 4.90. The molecule has 4 aromatic heterocycles. The second-order valence-corrected chi connectivity index (χ2v) is 8.79. The first-order valence-corrected chi connectivity index (χ1v) is 11.6. The van der Waals surface area contributed by atoms with Crippen LogP contribution in [-0.4, -0.2) is 61.3 Å². The monoisotopic (exact) mass is 518 g/mol. The van der Waals surface area contributed by atoms with E-state index in [1.165, 1.54) is 44.9 Å². The summed E-state index contributed by atoms with van der Waals surface area (Å²) >= 11 is 7.27. The van der Waals surface area contributed by atoms with Crippen molar-refractivity contribution in [3.05, 3.63) is 47.5 Å². The van der Waals surface area contributed by atoms with Gasteiger partial charge in [-0.1, -0.05) is 11.6 Å². The Morgan fingerprint density at radius 3 is 2.29 bits per heavy atom. The van der Waals surface area contributed by atoms with Crippen LogP contribution in [0.25, 0.3) is 17.3 Å². The molecule has 14 heteroatoms. The summed E-state index contributed by atoms with van der Waals surface area (Å²) in [5, 5.41) is 8.98. The second kappa shape index (κ2) is 10.9. The third-order valence-corrected chi connectivity index (χ3v) is 6.01. The van der Waals surface area contributed by atoms with E-state index in [2.05, 4.69) is 34.9 Å². The summed E-state index contributed by atoms with van der Waals surface area (Å²) in [6, 6.07) is 3.64. The largest absolute Gasteiger partial charge is 0.479 e. The minimum Gasteiger partial charge on any atom is -0.479 e. The van der Waals surface area contributed by atoms with Crippen LogP contribution >= 0.6 is 23.5 Å². The highest BCUT2D eigenvalue weighted by molar-refractivity contribution is 8.01. The van der Waals surface area contributed by atoms with E-state index in [4.69, 9.17) is 30.2 Å². The molecule has 0 bridgehead atoms. The zero-order valence-electron chi connectivity index (χ0n) is 19.6. The Morgan fingerprint density at radius 2 is 1.71 bits per heavy atom. The van der Waals surface area contributed by atoms with E-state index in [1.807, 2.05) is 19.9 Å². The fourth-order valence-electron chi connectivity index (χ4n) is 3.30. The van der Waals surface area contributed by atoms with Crippen LogP contribution in [0.3, 0.4) is 0 Å². The molecule has 0 saturated carbocycles. The van der Waals surface area contributed by atoms with Crippen LogP contribution < -0.4 is 14.2 Å².